The van der Waals surface area contributed by atoms with E-state index in [1.165, 1.54) is 31.2 Å². The molecule has 2 aromatic rings. The average molecular weight is 458 g/mol. The van der Waals surface area contributed by atoms with Gasteiger partial charge in [-0.25, -0.2) is 17.9 Å². The fraction of sp³-hybridized carbons (Fsp3) is 0.318. The van der Waals surface area contributed by atoms with Crippen LogP contribution in [0.4, 0.5) is 5.69 Å². The third kappa shape index (κ3) is 5.91. The number of nitrogens with one attached hydrogen (secondary N) is 2. The number of benzene rings is 2. The molecule has 10 heteroatoms. The zero-order valence-electron chi connectivity index (χ0n) is 17.4. The molecule has 1 saturated heterocycles. The summed E-state index contributed by atoms with van der Waals surface area (Å²) >= 11 is 0. The van der Waals surface area contributed by atoms with Crippen LogP contribution in [0.2, 0.25) is 0 Å². The van der Waals surface area contributed by atoms with Crippen molar-refractivity contribution < 1.29 is 27.5 Å². The van der Waals surface area contributed by atoms with Crippen LogP contribution in [0, 0.1) is 11.3 Å². The number of hydrogen-bond donors (Lipinski definition) is 2. The Kier molecular flexibility index (Phi) is 7.58. The van der Waals surface area contributed by atoms with E-state index < -0.39 is 28.0 Å². The minimum absolute atomic E-state index is 0.0120. The van der Waals surface area contributed by atoms with Crippen LogP contribution in [0.25, 0.3) is 0 Å². The molecular weight excluding hydrogens is 434 g/mol. The minimum Gasteiger partial charge on any atom is -0.449 e. The summed E-state index contributed by atoms with van der Waals surface area (Å²) < 4.78 is 38.2. The molecule has 1 aliphatic heterocycles. The second-order valence-corrected chi connectivity index (χ2v) is 8.98. The quantitative estimate of drug-likeness (QED) is 0.580. The van der Waals surface area contributed by atoms with Gasteiger partial charge >= 0.3 is 5.97 Å². The van der Waals surface area contributed by atoms with Gasteiger partial charge in [0, 0.05) is 13.2 Å². The summed E-state index contributed by atoms with van der Waals surface area (Å²) in [5, 5.41) is 11.6. The molecule has 0 aromatic heterocycles. The molecule has 0 unspecified atom stereocenters. The lowest BCUT2D eigenvalue weighted by Gasteiger charge is -2.15. The predicted molar refractivity (Wildman–Crippen MR) is 115 cm³/mol. The topological polar surface area (TPSA) is 135 Å². The number of hydrogen-bond acceptors (Lipinski definition) is 7. The fourth-order valence-corrected chi connectivity index (χ4v) is 4.20. The first-order valence-electron chi connectivity index (χ1n) is 10.0. The van der Waals surface area contributed by atoms with Gasteiger partial charge in [0.2, 0.25) is 10.0 Å². The van der Waals surface area contributed by atoms with Gasteiger partial charge in [-0.3, -0.25) is 4.79 Å². The van der Waals surface area contributed by atoms with Crippen LogP contribution in [0.5, 0.6) is 0 Å². The normalized spacial score (nSPS) is 16.7. The molecule has 2 aromatic carbocycles. The van der Waals surface area contributed by atoms with Crippen LogP contribution in [0.15, 0.2) is 53.4 Å². The van der Waals surface area contributed by atoms with Gasteiger partial charge in [-0.15, -0.1) is 0 Å². The largest absolute Gasteiger partial charge is 0.449 e. The molecule has 9 nitrogen and oxygen atoms in total. The van der Waals surface area contributed by atoms with E-state index in [0.29, 0.717) is 12.3 Å². The van der Waals surface area contributed by atoms with Gasteiger partial charge in [0.05, 0.1) is 27.8 Å². The number of carbonyl (C=O) groups excluding carboxylic acids is 2. The van der Waals surface area contributed by atoms with Gasteiger partial charge in [0.15, 0.2) is 6.10 Å². The molecule has 1 aliphatic rings. The van der Waals surface area contributed by atoms with Crippen molar-refractivity contribution in [1.29, 1.82) is 5.26 Å². The van der Waals surface area contributed by atoms with Crippen LogP contribution >= 0.6 is 0 Å². The Balaban J connectivity index is 1.63. The summed E-state index contributed by atoms with van der Waals surface area (Å²) in [5.41, 5.74) is 0.558. The molecule has 0 spiro atoms. The fourth-order valence-electron chi connectivity index (χ4n) is 3.09. The molecule has 0 bridgehead atoms. The number of carbonyl (C=O) groups is 2. The number of esters is 1. The molecule has 168 valence electrons. The summed E-state index contributed by atoms with van der Waals surface area (Å²) in [7, 11) is -3.84. The monoisotopic (exact) mass is 457 g/mol. The lowest BCUT2D eigenvalue weighted by atomic mass is 10.2. The van der Waals surface area contributed by atoms with E-state index in [-0.39, 0.29) is 28.7 Å². The zero-order valence-corrected chi connectivity index (χ0v) is 18.2. The summed E-state index contributed by atoms with van der Waals surface area (Å²) in [6, 6.07) is 13.8. The summed E-state index contributed by atoms with van der Waals surface area (Å²) in [6.07, 6.45) is 0.338. The highest BCUT2D eigenvalue weighted by Gasteiger charge is 2.23. The van der Waals surface area contributed by atoms with Gasteiger partial charge in [-0.1, -0.05) is 18.2 Å². The van der Waals surface area contributed by atoms with Crippen molar-refractivity contribution in [3.8, 4) is 6.07 Å². The standard InChI is InChI=1S/C22H23N3O6S/c1-15(21(26)25-20-10-3-2-6-17(20)13-23)31-22(27)16-7-4-9-19(12-16)32(28,29)24-14-18-8-5-11-30-18/h2-4,6-7,9-10,12,15,18,24H,5,8,11,14H2,1H3,(H,25,26)/t15-,18-/m1/s1. The summed E-state index contributed by atoms with van der Waals surface area (Å²) in [4.78, 5) is 24.8. The lowest BCUT2D eigenvalue weighted by molar-refractivity contribution is -0.123. The second kappa shape index (κ2) is 10.4. The molecular formula is C22H23N3O6S. The molecule has 1 fully saturated rings. The van der Waals surface area contributed by atoms with Gasteiger partial charge in [0.1, 0.15) is 6.07 Å². The van der Waals surface area contributed by atoms with Gasteiger partial charge in [0.25, 0.3) is 5.91 Å². The first-order valence-corrected chi connectivity index (χ1v) is 11.5. The van der Waals surface area contributed by atoms with Crippen LogP contribution in [-0.2, 0) is 24.3 Å². The van der Waals surface area contributed by atoms with Crippen molar-refractivity contribution in [3.63, 3.8) is 0 Å². The van der Waals surface area contributed by atoms with Crippen molar-refractivity contribution in [2.75, 3.05) is 18.5 Å². The minimum atomic E-state index is -3.84. The number of para-hydroxylation sites is 1. The number of nitriles is 1. The maximum Gasteiger partial charge on any atom is 0.338 e. The van der Waals surface area contributed by atoms with Crippen LogP contribution in [0.3, 0.4) is 0 Å². The van der Waals surface area contributed by atoms with Crippen molar-refractivity contribution in [3.05, 3.63) is 59.7 Å². The molecule has 0 aliphatic carbocycles. The van der Waals surface area contributed by atoms with Crippen molar-refractivity contribution in [2.45, 2.75) is 36.9 Å². The molecule has 32 heavy (non-hydrogen) atoms. The Bertz CT molecular complexity index is 1140. The molecule has 2 atom stereocenters. The van der Waals surface area contributed by atoms with E-state index in [1.807, 2.05) is 6.07 Å². The van der Waals surface area contributed by atoms with Crippen molar-refractivity contribution in [2.24, 2.45) is 0 Å². The first-order chi connectivity index (χ1) is 15.3. The lowest BCUT2D eigenvalue weighted by Crippen LogP contribution is -2.32. The smallest absolute Gasteiger partial charge is 0.338 e. The third-order valence-corrected chi connectivity index (χ3v) is 6.28. The SMILES string of the molecule is C[C@@H](OC(=O)c1cccc(S(=O)(=O)NC[C@H]2CCCO2)c1)C(=O)Nc1ccccc1C#N. The Morgan fingerprint density at radius 3 is 2.75 bits per heavy atom. The maximum absolute atomic E-state index is 12.5. The third-order valence-electron chi connectivity index (χ3n) is 4.86. The average Bonchev–Trinajstić information content (AvgIpc) is 3.32. The van der Waals surface area contributed by atoms with Crippen LogP contribution < -0.4 is 10.0 Å². The van der Waals surface area contributed by atoms with E-state index >= 15 is 0 Å². The first kappa shape index (κ1) is 23.4. The Morgan fingerprint density at radius 2 is 2.03 bits per heavy atom. The summed E-state index contributed by atoms with van der Waals surface area (Å²) in [5.74, 6) is -1.47. The van der Waals surface area contributed by atoms with Crippen LogP contribution in [0.1, 0.15) is 35.7 Å². The highest BCUT2D eigenvalue weighted by atomic mass is 32.2. The maximum atomic E-state index is 12.5. The number of anilines is 1. The van der Waals surface area contributed by atoms with Crippen LogP contribution in [-0.4, -0.2) is 45.7 Å². The number of nitrogens with zero attached hydrogens (tertiary/aromatic N) is 1. The van der Waals surface area contributed by atoms with E-state index in [2.05, 4.69) is 10.0 Å². The number of ether oxygens (including phenoxy) is 2. The highest BCUT2D eigenvalue weighted by molar-refractivity contribution is 7.89. The Morgan fingerprint density at radius 1 is 1.25 bits per heavy atom. The number of sulfonamides is 1. The Labute approximate surface area is 186 Å². The van der Waals surface area contributed by atoms with Crippen molar-refractivity contribution in [1.82, 2.24) is 4.72 Å². The van der Waals surface area contributed by atoms with E-state index in [1.54, 1.807) is 24.3 Å². The van der Waals surface area contributed by atoms with E-state index in [9.17, 15) is 18.0 Å². The predicted octanol–water partition coefficient (Wildman–Crippen LogP) is 2.20. The zero-order chi connectivity index (χ0) is 23.1. The van der Waals surface area contributed by atoms with Crippen molar-refractivity contribution >= 4 is 27.6 Å². The van der Waals surface area contributed by atoms with Gasteiger partial charge in [-0.05, 0) is 50.1 Å². The molecule has 0 radical (unpaired) electrons. The molecule has 0 saturated carbocycles. The molecule has 3 rings (SSSR count). The summed E-state index contributed by atoms with van der Waals surface area (Å²) in [6.45, 7) is 2.14. The molecule has 2 N–H and O–H groups in total. The van der Waals surface area contributed by atoms with Gasteiger partial charge < -0.3 is 14.8 Å². The van der Waals surface area contributed by atoms with E-state index in [0.717, 1.165) is 12.8 Å². The van der Waals surface area contributed by atoms with E-state index in [4.69, 9.17) is 14.7 Å². The number of rotatable bonds is 8. The van der Waals surface area contributed by atoms with Gasteiger partial charge in [-0.2, -0.15) is 5.26 Å². The highest BCUT2D eigenvalue weighted by Crippen LogP contribution is 2.17. The molecule has 1 amide bonds. The molecule has 1 heterocycles. The number of amides is 1. The second-order valence-electron chi connectivity index (χ2n) is 7.21. The Hall–Kier alpha value is -3.26.